The summed E-state index contributed by atoms with van der Waals surface area (Å²) < 4.78 is 0. The number of carbonyl (C=O) groups is 2. The van der Waals surface area contributed by atoms with Crippen LogP contribution in [0.1, 0.15) is 22.8 Å². The highest BCUT2D eigenvalue weighted by atomic mass is 32.2. The second-order valence-corrected chi connectivity index (χ2v) is 5.77. The number of nitrogens with one attached hydrogen (secondary N) is 2. The molecule has 114 valence electrons. The van der Waals surface area contributed by atoms with Crippen LogP contribution in [-0.2, 0) is 4.79 Å². The van der Waals surface area contributed by atoms with Gasteiger partial charge in [0.15, 0.2) is 0 Å². The highest BCUT2D eigenvalue weighted by Crippen LogP contribution is 2.21. The number of anilines is 2. The van der Waals surface area contributed by atoms with Crippen LogP contribution < -0.4 is 10.6 Å². The molecule has 0 saturated heterocycles. The molecule has 0 spiro atoms. The van der Waals surface area contributed by atoms with Gasteiger partial charge in [-0.15, -0.1) is 11.8 Å². The molecule has 4 nitrogen and oxygen atoms in total. The molecular formula is C17H18N2O2S. The Kier molecular flexibility index (Phi) is 5.22. The molecule has 2 aromatic rings. The van der Waals surface area contributed by atoms with Crippen molar-refractivity contribution >= 4 is 35.0 Å². The first kappa shape index (κ1) is 16.1. The van der Waals surface area contributed by atoms with Crippen molar-refractivity contribution in [2.75, 3.05) is 16.9 Å². The topological polar surface area (TPSA) is 58.2 Å². The van der Waals surface area contributed by atoms with Crippen LogP contribution in [0.5, 0.6) is 0 Å². The third-order valence-electron chi connectivity index (χ3n) is 3.16. The summed E-state index contributed by atoms with van der Waals surface area (Å²) in [6.45, 7) is 3.36. The van der Waals surface area contributed by atoms with Crippen LogP contribution in [0.3, 0.4) is 0 Å². The lowest BCUT2D eigenvalue weighted by Crippen LogP contribution is -2.13. The van der Waals surface area contributed by atoms with Crippen molar-refractivity contribution in [2.45, 2.75) is 18.7 Å². The molecule has 22 heavy (non-hydrogen) atoms. The first-order chi connectivity index (χ1) is 10.5. The third-order valence-corrected chi connectivity index (χ3v) is 3.90. The number of hydrogen-bond donors (Lipinski definition) is 2. The lowest BCUT2D eigenvalue weighted by atomic mass is 10.1. The molecule has 5 heteroatoms. The van der Waals surface area contributed by atoms with Gasteiger partial charge in [0, 0.05) is 28.8 Å². The van der Waals surface area contributed by atoms with Gasteiger partial charge in [0.25, 0.3) is 5.91 Å². The monoisotopic (exact) mass is 314 g/mol. The second-order valence-electron chi connectivity index (χ2n) is 4.89. The van der Waals surface area contributed by atoms with Crippen LogP contribution in [0.4, 0.5) is 11.4 Å². The Hall–Kier alpha value is -2.27. The Morgan fingerprint density at radius 1 is 1.00 bits per heavy atom. The third kappa shape index (κ3) is 4.11. The molecule has 2 amide bonds. The zero-order valence-electron chi connectivity index (χ0n) is 12.8. The Balaban J connectivity index is 2.15. The molecule has 0 fully saturated rings. The summed E-state index contributed by atoms with van der Waals surface area (Å²) in [6, 6.07) is 12.8. The van der Waals surface area contributed by atoms with E-state index in [1.165, 1.54) is 6.92 Å². The largest absolute Gasteiger partial charge is 0.326 e. The molecule has 0 aliphatic carbocycles. The minimum absolute atomic E-state index is 0.140. The van der Waals surface area contributed by atoms with Crippen LogP contribution in [0, 0.1) is 6.92 Å². The Morgan fingerprint density at radius 3 is 2.27 bits per heavy atom. The molecule has 0 aliphatic rings. The van der Waals surface area contributed by atoms with E-state index in [1.54, 1.807) is 30.0 Å². The Labute approximate surface area is 134 Å². The van der Waals surface area contributed by atoms with E-state index in [0.29, 0.717) is 16.9 Å². The predicted molar refractivity (Wildman–Crippen MR) is 91.7 cm³/mol. The molecule has 0 aliphatic heterocycles. The van der Waals surface area contributed by atoms with Gasteiger partial charge in [-0.2, -0.15) is 0 Å². The van der Waals surface area contributed by atoms with Gasteiger partial charge >= 0.3 is 0 Å². The van der Waals surface area contributed by atoms with Crippen LogP contribution in [-0.4, -0.2) is 18.1 Å². The van der Waals surface area contributed by atoms with Gasteiger partial charge < -0.3 is 10.6 Å². The van der Waals surface area contributed by atoms with Gasteiger partial charge in [0.05, 0.1) is 0 Å². The molecule has 0 radical (unpaired) electrons. The average molecular weight is 314 g/mol. The van der Waals surface area contributed by atoms with E-state index in [2.05, 4.69) is 10.6 Å². The molecule has 0 atom stereocenters. The summed E-state index contributed by atoms with van der Waals surface area (Å²) in [5.74, 6) is -0.315. The first-order valence-electron chi connectivity index (χ1n) is 6.83. The van der Waals surface area contributed by atoms with E-state index >= 15 is 0 Å². The standard InChI is InChI=1S/C17H18N2O2S/c1-11-4-7-14(10-16(11)18-12(2)20)19-17(21)13-5-8-15(22-3)9-6-13/h4-10H,1-3H3,(H,18,20)(H,19,21). The van der Waals surface area contributed by atoms with Crippen molar-refractivity contribution in [1.29, 1.82) is 0 Å². The fourth-order valence-electron chi connectivity index (χ4n) is 1.97. The zero-order valence-corrected chi connectivity index (χ0v) is 13.6. The van der Waals surface area contributed by atoms with Gasteiger partial charge in [-0.25, -0.2) is 0 Å². The maximum atomic E-state index is 12.2. The first-order valence-corrected chi connectivity index (χ1v) is 8.05. The average Bonchev–Trinajstić information content (AvgIpc) is 2.50. The van der Waals surface area contributed by atoms with E-state index < -0.39 is 0 Å². The molecule has 2 N–H and O–H groups in total. The Morgan fingerprint density at radius 2 is 1.68 bits per heavy atom. The molecule has 2 rings (SSSR count). The minimum Gasteiger partial charge on any atom is -0.326 e. The molecule has 0 aromatic heterocycles. The summed E-state index contributed by atoms with van der Waals surface area (Å²) in [6.07, 6.45) is 1.99. The molecule has 0 bridgehead atoms. The van der Waals surface area contributed by atoms with Gasteiger partial charge in [0.2, 0.25) is 5.91 Å². The van der Waals surface area contributed by atoms with E-state index in [0.717, 1.165) is 10.5 Å². The summed E-state index contributed by atoms with van der Waals surface area (Å²) in [5.41, 5.74) is 2.88. The number of amides is 2. The molecular weight excluding hydrogens is 296 g/mol. The number of benzene rings is 2. The summed E-state index contributed by atoms with van der Waals surface area (Å²) in [7, 11) is 0. The summed E-state index contributed by atoms with van der Waals surface area (Å²) in [5, 5.41) is 5.59. The smallest absolute Gasteiger partial charge is 0.255 e. The van der Waals surface area contributed by atoms with Crippen LogP contribution in [0.2, 0.25) is 0 Å². The SMILES string of the molecule is CSc1ccc(C(=O)Nc2ccc(C)c(NC(C)=O)c2)cc1. The van der Waals surface area contributed by atoms with E-state index in [1.807, 2.05) is 37.4 Å². The predicted octanol–water partition coefficient (Wildman–Crippen LogP) is 3.93. The highest BCUT2D eigenvalue weighted by Gasteiger charge is 2.08. The summed E-state index contributed by atoms with van der Waals surface area (Å²) >= 11 is 1.63. The van der Waals surface area contributed by atoms with Crippen molar-refractivity contribution in [1.82, 2.24) is 0 Å². The van der Waals surface area contributed by atoms with Gasteiger partial charge in [-0.1, -0.05) is 6.07 Å². The van der Waals surface area contributed by atoms with Gasteiger partial charge in [-0.05, 0) is 55.1 Å². The lowest BCUT2D eigenvalue weighted by molar-refractivity contribution is -0.114. The maximum absolute atomic E-state index is 12.2. The van der Waals surface area contributed by atoms with E-state index in [4.69, 9.17) is 0 Å². The maximum Gasteiger partial charge on any atom is 0.255 e. The highest BCUT2D eigenvalue weighted by molar-refractivity contribution is 7.98. The lowest BCUT2D eigenvalue weighted by Gasteiger charge is -2.10. The number of rotatable bonds is 4. The van der Waals surface area contributed by atoms with E-state index in [-0.39, 0.29) is 11.8 Å². The van der Waals surface area contributed by atoms with Gasteiger partial charge in [0.1, 0.15) is 0 Å². The van der Waals surface area contributed by atoms with E-state index in [9.17, 15) is 9.59 Å². The summed E-state index contributed by atoms with van der Waals surface area (Å²) in [4.78, 5) is 24.5. The number of hydrogen-bond acceptors (Lipinski definition) is 3. The van der Waals surface area contributed by atoms with Crippen molar-refractivity contribution < 1.29 is 9.59 Å². The molecule has 2 aromatic carbocycles. The quantitative estimate of drug-likeness (QED) is 0.841. The number of carbonyl (C=O) groups excluding carboxylic acids is 2. The second kappa shape index (κ2) is 7.13. The van der Waals surface area contributed by atoms with Gasteiger partial charge in [-0.3, -0.25) is 9.59 Å². The van der Waals surface area contributed by atoms with Crippen molar-refractivity contribution in [3.63, 3.8) is 0 Å². The fourth-order valence-corrected chi connectivity index (χ4v) is 2.38. The van der Waals surface area contributed by atoms with Crippen molar-refractivity contribution in [3.05, 3.63) is 53.6 Å². The van der Waals surface area contributed by atoms with Crippen molar-refractivity contribution in [3.8, 4) is 0 Å². The van der Waals surface area contributed by atoms with Crippen molar-refractivity contribution in [2.24, 2.45) is 0 Å². The molecule has 0 unspecified atom stereocenters. The minimum atomic E-state index is -0.176. The number of thioether (sulfide) groups is 1. The van der Waals surface area contributed by atoms with Crippen LogP contribution in [0.15, 0.2) is 47.4 Å². The normalized spacial score (nSPS) is 10.1. The number of aryl methyl sites for hydroxylation is 1. The molecule has 0 heterocycles. The van der Waals surface area contributed by atoms with Crippen LogP contribution >= 0.6 is 11.8 Å². The fraction of sp³-hybridized carbons (Fsp3) is 0.176. The zero-order chi connectivity index (χ0) is 16.1. The Bertz CT molecular complexity index is 696. The van der Waals surface area contributed by atoms with Crippen LogP contribution in [0.25, 0.3) is 0 Å². The molecule has 0 saturated carbocycles.